The van der Waals surface area contributed by atoms with E-state index in [4.69, 9.17) is 22.1 Å². The number of aryl methyl sites for hydroxylation is 1. The van der Waals surface area contributed by atoms with Crippen LogP contribution in [0.25, 0.3) is 0 Å². The Hall–Kier alpha value is -2.54. The normalized spacial score (nSPS) is 11.8. The van der Waals surface area contributed by atoms with Crippen LogP contribution in [0.3, 0.4) is 0 Å². The summed E-state index contributed by atoms with van der Waals surface area (Å²) in [6, 6.07) is 7.13. The lowest BCUT2D eigenvalue weighted by Crippen LogP contribution is -2.35. The highest BCUT2D eigenvalue weighted by atomic mass is 35.5. The molecule has 23 heavy (non-hydrogen) atoms. The summed E-state index contributed by atoms with van der Waals surface area (Å²) in [4.78, 5) is 24.0. The minimum atomic E-state index is -1.00. The number of nitrogens with zero attached hydrogens (tertiary/aromatic N) is 1. The van der Waals surface area contributed by atoms with Crippen LogP contribution in [-0.2, 0) is 16.1 Å². The monoisotopic (exact) mass is 337 g/mol. The first-order valence-electron chi connectivity index (χ1n) is 6.84. The molecule has 0 unspecified atom stereocenters. The summed E-state index contributed by atoms with van der Waals surface area (Å²) in [5, 5.41) is 6.75. The Kier molecular flexibility index (Phi) is 5.23. The van der Waals surface area contributed by atoms with E-state index in [-0.39, 0.29) is 18.0 Å². The summed E-state index contributed by atoms with van der Waals surface area (Å²) in [5.41, 5.74) is 6.59. The van der Waals surface area contributed by atoms with Crippen LogP contribution >= 0.6 is 11.6 Å². The number of hydrogen-bond donors (Lipinski definition) is 2. The van der Waals surface area contributed by atoms with Gasteiger partial charge in [0.2, 0.25) is 5.88 Å². The first-order chi connectivity index (χ1) is 10.9. The van der Waals surface area contributed by atoms with Gasteiger partial charge in [-0.1, -0.05) is 35.0 Å². The van der Waals surface area contributed by atoms with Gasteiger partial charge in [-0.3, -0.25) is 4.79 Å². The van der Waals surface area contributed by atoms with Crippen molar-refractivity contribution in [2.45, 2.75) is 26.5 Å². The molecule has 0 aliphatic rings. The second-order valence-electron chi connectivity index (χ2n) is 4.86. The standard InChI is InChI=1S/C15H16ClN3O4/c1-8-12(13(17)23-19-8)15(21)22-9(2)14(20)18-7-10-5-3-4-6-11(10)16/h3-6,9H,7,17H2,1-2H3,(H,18,20)/t9-/m0/s1. The number of anilines is 1. The van der Waals surface area contributed by atoms with Gasteiger partial charge in [-0.15, -0.1) is 0 Å². The highest BCUT2D eigenvalue weighted by Crippen LogP contribution is 2.17. The molecule has 7 nitrogen and oxygen atoms in total. The van der Waals surface area contributed by atoms with Crippen molar-refractivity contribution in [2.24, 2.45) is 0 Å². The predicted octanol–water partition coefficient (Wildman–Crippen LogP) is 2.08. The van der Waals surface area contributed by atoms with E-state index >= 15 is 0 Å². The molecule has 1 amide bonds. The largest absolute Gasteiger partial charge is 0.449 e. The van der Waals surface area contributed by atoms with Crippen LogP contribution in [0.2, 0.25) is 5.02 Å². The Bertz CT molecular complexity index is 710. The summed E-state index contributed by atoms with van der Waals surface area (Å²) < 4.78 is 9.76. The fourth-order valence-electron chi connectivity index (χ4n) is 1.88. The molecule has 0 radical (unpaired) electrons. The molecule has 2 aromatic rings. The molecule has 0 saturated heterocycles. The number of nitrogen functional groups attached to an aromatic ring is 1. The van der Waals surface area contributed by atoms with Gasteiger partial charge in [-0.2, -0.15) is 0 Å². The lowest BCUT2D eigenvalue weighted by atomic mass is 10.2. The lowest BCUT2D eigenvalue weighted by Gasteiger charge is -2.13. The van der Waals surface area contributed by atoms with Crippen LogP contribution < -0.4 is 11.1 Å². The van der Waals surface area contributed by atoms with E-state index in [9.17, 15) is 9.59 Å². The highest BCUT2D eigenvalue weighted by molar-refractivity contribution is 6.31. The summed E-state index contributed by atoms with van der Waals surface area (Å²) >= 11 is 6.01. The first kappa shape index (κ1) is 16.8. The molecule has 1 aromatic heterocycles. The van der Waals surface area contributed by atoms with Crippen molar-refractivity contribution in [3.63, 3.8) is 0 Å². The van der Waals surface area contributed by atoms with E-state index in [1.54, 1.807) is 25.1 Å². The van der Waals surface area contributed by atoms with Crippen LogP contribution in [0, 0.1) is 6.92 Å². The maximum absolute atomic E-state index is 12.0. The molecule has 2 rings (SSSR count). The number of halogens is 1. The summed E-state index contributed by atoms with van der Waals surface area (Å²) in [6.07, 6.45) is -1.00. The fourth-order valence-corrected chi connectivity index (χ4v) is 2.08. The van der Waals surface area contributed by atoms with E-state index in [0.29, 0.717) is 10.7 Å². The minimum Gasteiger partial charge on any atom is -0.449 e. The quantitative estimate of drug-likeness (QED) is 0.809. The second-order valence-corrected chi connectivity index (χ2v) is 5.27. The van der Waals surface area contributed by atoms with Gasteiger partial charge in [0.25, 0.3) is 5.91 Å². The number of carbonyl (C=O) groups is 2. The van der Waals surface area contributed by atoms with E-state index in [1.807, 2.05) is 6.07 Å². The molecule has 0 aliphatic heterocycles. The molecular formula is C15H16ClN3O4. The molecule has 8 heteroatoms. The van der Waals surface area contributed by atoms with Gasteiger partial charge in [0.1, 0.15) is 5.56 Å². The van der Waals surface area contributed by atoms with Gasteiger partial charge < -0.3 is 20.3 Å². The molecule has 122 valence electrons. The van der Waals surface area contributed by atoms with Gasteiger partial charge >= 0.3 is 5.97 Å². The van der Waals surface area contributed by atoms with Gasteiger partial charge in [0, 0.05) is 11.6 Å². The molecule has 0 aliphatic carbocycles. The van der Waals surface area contributed by atoms with E-state index < -0.39 is 18.0 Å². The van der Waals surface area contributed by atoms with Gasteiger partial charge in [-0.25, -0.2) is 4.79 Å². The van der Waals surface area contributed by atoms with Crippen LogP contribution in [0.4, 0.5) is 5.88 Å². The van der Waals surface area contributed by atoms with Gasteiger partial charge in [0.05, 0.1) is 5.69 Å². The van der Waals surface area contributed by atoms with Crippen LogP contribution in [-0.4, -0.2) is 23.1 Å². The number of amides is 1. The van der Waals surface area contributed by atoms with E-state index in [1.165, 1.54) is 6.92 Å². The maximum Gasteiger partial charge on any atom is 0.346 e. The molecular weight excluding hydrogens is 322 g/mol. The second kappa shape index (κ2) is 7.15. The van der Waals surface area contributed by atoms with Crippen LogP contribution in [0.1, 0.15) is 28.5 Å². The third kappa shape index (κ3) is 4.01. The Morgan fingerprint density at radius 1 is 1.43 bits per heavy atom. The average molecular weight is 338 g/mol. The van der Waals surface area contributed by atoms with Crippen molar-refractivity contribution in [1.29, 1.82) is 0 Å². The topological polar surface area (TPSA) is 107 Å². The number of esters is 1. The van der Waals surface area contributed by atoms with Gasteiger partial charge in [0.15, 0.2) is 6.10 Å². The summed E-state index contributed by atoms with van der Waals surface area (Å²) in [6.45, 7) is 3.24. The number of carbonyl (C=O) groups excluding carboxylic acids is 2. The smallest absolute Gasteiger partial charge is 0.346 e. The zero-order chi connectivity index (χ0) is 17.0. The van der Waals surface area contributed by atoms with Crippen molar-refractivity contribution >= 4 is 29.4 Å². The number of hydrogen-bond acceptors (Lipinski definition) is 6. The van der Waals surface area contributed by atoms with Crippen LogP contribution in [0.15, 0.2) is 28.8 Å². The number of benzene rings is 1. The minimum absolute atomic E-state index is 0.0238. The third-order valence-electron chi connectivity index (χ3n) is 3.16. The molecule has 3 N–H and O–H groups in total. The fraction of sp³-hybridized carbons (Fsp3) is 0.267. The predicted molar refractivity (Wildman–Crippen MR) is 83.8 cm³/mol. The molecule has 0 spiro atoms. The van der Waals surface area contributed by atoms with E-state index in [2.05, 4.69) is 15.0 Å². The Balaban J connectivity index is 1.93. The molecule has 1 heterocycles. The Morgan fingerprint density at radius 2 is 2.13 bits per heavy atom. The summed E-state index contributed by atoms with van der Waals surface area (Å²) in [5.74, 6) is -1.36. The molecule has 0 saturated carbocycles. The lowest BCUT2D eigenvalue weighted by molar-refractivity contribution is -0.129. The zero-order valence-electron chi connectivity index (χ0n) is 12.6. The number of aromatic nitrogens is 1. The maximum atomic E-state index is 12.0. The zero-order valence-corrected chi connectivity index (χ0v) is 13.4. The molecule has 0 fully saturated rings. The number of ether oxygens (including phenoxy) is 1. The number of nitrogens with one attached hydrogen (secondary N) is 1. The first-order valence-corrected chi connectivity index (χ1v) is 7.21. The van der Waals surface area contributed by atoms with Crippen molar-refractivity contribution in [3.05, 3.63) is 46.1 Å². The van der Waals surface area contributed by atoms with Crippen molar-refractivity contribution in [3.8, 4) is 0 Å². The van der Waals surface area contributed by atoms with Crippen LogP contribution in [0.5, 0.6) is 0 Å². The number of rotatable bonds is 5. The summed E-state index contributed by atoms with van der Waals surface area (Å²) in [7, 11) is 0. The third-order valence-corrected chi connectivity index (χ3v) is 3.53. The van der Waals surface area contributed by atoms with Crippen molar-refractivity contribution in [1.82, 2.24) is 10.5 Å². The average Bonchev–Trinajstić information content (AvgIpc) is 2.85. The highest BCUT2D eigenvalue weighted by Gasteiger charge is 2.24. The van der Waals surface area contributed by atoms with Gasteiger partial charge in [-0.05, 0) is 25.5 Å². The Labute approximate surface area is 137 Å². The van der Waals surface area contributed by atoms with Crippen molar-refractivity contribution in [2.75, 3.05) is 5.73 Å². The SMILES string of the molecule is Cc1noc(N)c1C(=O)O[C@@H](C)C(=O)NCc1ccccc1Cl. The Morgan fingerprint density at radius 3 is 2.74 bits per heavy atom. The molecule has 1 atom stereocenters. The van der Waals surface area contributed by atoms with Crippen molar-refractivity contribution < 1.29 is 18.8 Å². The molecule has 0 bridgehead atoms. The van der Waals surface area contributed by atoms with E-state index in [0.717, 1.165) is 5.56 Å². The molecule has 1 aromatic carbocycles. The number of nitrogens with two attached hydrogens (primary N) is 1.